The fourth-order valence-electron chi connectivity index (χ4n) is 2.96. The summed E-state index contributed by atoms with van der Waals surface area (Å²) < 4.78 is 5.39. The third kappa shape index (κ3) is 4.15. The van der Waals surface area contributed by atoms with Crippen molar-refractivity contribution >= 4 is 5.96 Å². The highest BCUT2D eigenvalue weighted by Crippen LogP contribution is 2.28. The van der Waals surface area contributed by atoms with E-state index in [4.69, 9.17) is 4.74 Å². The molecular weight excluding hydrogens is 274 g/mol. The van der Waals surface area contributed by atoms with Crippen LogP contribution in [0.4, 0.5) is 0 Å². The molecule has 1 N–H and O–H groups in total. The molecule has 0 amide bonds. The summed E-state index contributed by atoms with van der Waals surface area (Å²) in [4.78, 5) is 6.78. The van der Waals surface area contributed by atoms with Gasteiger partial charge in [-0.25, -0.2) is 0 Å². The smallest absolute Gasteiger partial charge is 0.193 e. The SMILES string of the molecule is CN=C(NCCc1ccc(C)c(OC)c1)N1CCC(C)(C)C1. The van der Waals surface area contributed by atoms with Crippen LogP contribution >= 0.6 is 0 Å². The highest BCUT2D eigenvalue weighted by atomic mass is 16.5. The van der Waals surface area contributed by atoms with Gasteiger partial charge in [0, 0.05) is 26.7 Å². The van der Waals surface area contributed by atoms with Crippen LogP contribution in [0.3, 0.4) is 0 Å². The monoisotopic (exact) mass is 303 g/mol. The van der Waals surface area contributed by atoms with Crippen molar-refractivity contribution in [3.05, 3.63) is 29.3 Å². The maximum Gasteiger partial charge on any atom is 0.193 e. The first-order valence-electron chi connectivity index (χ1n) is 8.04. The van der Waals surface area contributed by atoms with Gasteiger partial charge >= 0.3 is 0 Å². The number of hydrogen-bond acceptors (Lipinski definition) is 2. The van der Waals surface area contributed by atoms with Crippen LogP contribution in [0.5, 0.6) is 5.75 Å². The number of aryl methyl sites for hydroxylation is 1. The number of guanidine groups is 1. The molecule has 2 rings (SSSR count). The van der Waals surface area contributed by atoms with Crippen LogP contribution in [-0.2, 0) is 6.42 Å². The van der Waals surface area contributed by atoms with Crippen molar-refractivity contribution < 1.29 is 4.74 Å². The summed E-state index contributed by atoms with van der Waals surface area (Å²) in [6.07, 6.45) is 2.19. The van der Waals surface area contributed by atoms with Gasteiger partial charge in [-0.15, -0.1) is 0 Å². The van der Waals surface area contributed by atoms with Gasteiger partial charge in [-0.1, -0.05) is 26.0 Å². The van der Waals surface area contributed by atoms with E-state index < -0.39 is 0 Å². The molecule has 1 aromatic rings. The van der Waals surface area contributed by atoms with Gasteiger partial charge in [-0.3, -0.25) is 4.99 Å². The molecule has 0 atom stereocenters. The molecule has 122 valence electrons. The largest absolute Gasteiger partial charge is 0.496 e. The zero-order chi connectivity index (χ0) is 16.2. The predicted octanol–water partition coefficient (Wildman–Crippen LogP) is 2.85. The maximum absolute atomic E-state index is 5.39. The number of benzene rings is 1. The van der Waals surface area contributed by atoms with Crippen molar-refractivity contribution in [2.24, 2.45) is 10.4 Å². The van der Waals surface area contributed by atoms with Crippen LogP contribution in [0.15, 0.2) is 23.2 Å². The Hall–Kier alpha value is -1.71. The second kappa shape index (κ2) is 7.03. The first-order chi connectivity index (χ1) is 10.4. The summed E-state index contributed by atoms with van der Waals surface area (Å²) in [6.45, 7) is 9.75. The molecule has 1 aromatic carbocycles. The van der Waals surface area contributed by atoms with Crippen molar-refractivity contribution in [1.82, 2.24) is 10.2 Å². The molecule has 0 bridgehead atoms. The predicted molar refractivity (Wildman–Crippen MR) is 92.8 cm³/mol. The van der Waals surface area contributed by atoms with Gasteiger partial charge in [0.05, 0.1) is 7.11 Å². The third-order valence-electron chi connectivity index (χ3n) is 4.36. The minimum absolute atomic E-state index is 0.391. The molecule has 0 aliphatic carbocycles. The zero-order valence-electron chi connectivity index (χ0n) is 14.6. The molecule has 0 spiro atoms. The van der Waals surface area contributed by atoms with Crippen LogP contribution < -0.4 is 10.1 Å². The summed E-state index contributed by atoms with van der Waals surface area (Å²) in [7, 11) is 3.59. The number of likely N-dealkylation sites (tertiary alicyclic amines) is 1. The molecule has 1 aliphatic rings. The van der Waals surface area contributed by atoms with E-state index >= 15 is 0 Å². The van der Waals surface area contributed by atoms with Crippen molar-refractivity contribution in [3.8, 4) is 5.75 Å². The summed E-state index contributed by atoms with van der Waals surface area (Å²) in [6, 6.07) is 6.41. The Morgan fingerprint density at radius 2 is 2.18 bits per heavy atom. The highest BCUT2D eigenvalue weighted by molar-refractivity contribution is 5.80. The number of aliphatic imine (C=N–C) groups is 1. The van der Waals surface area contributed by atoms with Crippen molar-refractivity contribution in [2.75, 3.05) is 33.8 Å². The van der Waals surface area contributed by atoms with Crippen LogP contribution in [0.2, 0.25) is 0 Å². The average Bonchev–Trinajstić information content (AvgIpc) is 2.85. The van der Waals surface area contributed by atoms with Gasteiger partial charge in [0.15, 0.2) is 5.96 Å². The highest BCUT2D eigenvalue weighted by Gasteiger charge is 2.30. The molecule has 1 fully saturated rings. The fraction of sp³-hybridized carbons (Fsp3) is 0.611. The lowest BCUT2D eigenvalue weighted by Gasteiger charge is -2.23. The van der Waals surface area contributed by atoms with Crippen LogP contribution in [0.25, 0.3) is 0 Å². The molecule has 22 heavy (non-hydrogen) atoms. The van der Waals surface area contributed by atoms with Crippen molar-refractivity contribution in [2.45, 2.75) is 33.6 Å². The van der Waals surface area contributed by atoms with E-state index in [1.807, 2.05) is 7.05 Å². The van der Waals surface area contributed by atoms with E-state index in [1.54, 1.807) is 7.11 Å². The van der Waals surface area contributed by atoms with E-state index in [0.717, 1.165) is 37.8 Å². The van der Waals surface area contributed by atoms with Gasteiger partial charge in [-0.05, 0) is 42.4 Å². The Morgan fingerprint density at radius 3 is 2.77 bits per heavy atom. The topological polar surface area (TPSA) is 36.9 Å². The minimum Gasteiger partial charge on any atom is -0.496 e. The molecule has 4 heteroatoms. The molecule has 1 saturated heterocycles. The molecular formula is C18H29N3O. The molecule has 4 nitrogen and oxygen atoms in total. The lowest BCUT2D eigenvalue weighted by Crippen LogP contribution is -2.41. The molecule has 1 heterocycles. The second-order valence-electron chi connectivity index (χ2n) is 6.86. The van der Waals surface area contributed by atoms with E-state index in [2.05, 4.69) is 54.2 Å². The van der Waals surface area contributed by atoms with E-state index in [-0.39, 0.29) is 0 Å². The van der Waals surface area contributed by atoms with Crippen LogP contribution in [-0.4, -0.2) is 44.7 Å². The number of methoxy groups -OCH3 is 1. The fourth-order valence-corrected chi connectivity index (χ4v) is 2.96. The number of rotatable bonds is 4. The number of hydrogen-bond donors (Lipinski definition) is 1. The van der Waals surface area contributed by atoms with Gasteiger partial charge in [0.2, 0.25) is 0 Å². The third-order valence-corrected chi connectivity index (χ3v) is 4.36. The van der Waals surface area contributed by atoms with Crippen LogP contribution in [0.1, 0.15) is 31.4 Å². The second-order valence-corrected chi connectivity index (χ2v) is 6.86. The Bertz CT molecular complexity index is 537. The lowest BCUT2D eigenvalue weighted by atomic mass is 9.93. The Kier molecular flexibility index (Phi) is 5.33. The number of nitrogens with one attached hydrogen (secondary N) is 1. The number of nitrogens with zero attached hydrogens (tertiary/aromatic N) is 2. The van der Waals surface area contributed by atoms with Gasteiger partial charge in [-0.2, -0.15) is 0 Å². The lowest BCUT2D eigenvalue weighted by molar-refractivity contribution is 0.370. The van der Waals surface area contributed by atoms with Crippen molar-refractivity contribution in [3.63, 3.8) is 0 Å². The van der Waals surface area contributed by atoms with E-state index in [9.17, 15) is 0 Å². The standard InChI is InChI=1S/C18H29N3O/c1-14-6-7-15(12-16(14)22-5)8-10-20-17(19-4)21-11-9-18(2,3)13-21/h6-7,12H,8-11,13H2,1-5H3,(H,19,20). The van der Waals surface area contributed by atoms with Crippen LogP contribution in [0, 0.1) is 12.3 Å². The van der Waals surface area contributed by atoms with Gasteiger partial charge in [0.1, 0.15) is 5.75 Å². The summed E-state index contributed by atoms with van der Waals surface area (Å²) in [5, 5.41) is 3.48. The molecule has 1 aliphatic heterocycles. The van der Waals surface area contributed by atoms with Crippen molar-refractivity contribution in [1.29, 1.82) is 0 Å². The Morgan fingerprint density at radius 1 is 1.41 bits per heavy atom. The van der Waals surface area contributed by atoms with Gasteiger partial charge in [0.25, 0.3) is 0 Å². The first kappa shape index (κ1) is 16.7. The van der Waals surface area contributed by atoms with Gasteiger partial charge < -0.3 is 15.0 Å². The molecule has 0 unspecified atom stereocenters. The summed E-state index contributed by atoms with van der Waals surface area (Å²) >= 11 is 0. The zero-order valence-corrected chi connectivity index (χ0v) is 14.6. The molecule has 0 radical (unpaired) electrons. The normalized spacial score (nSPS) is 17.7. The maximum atomic E-state index is 5.39. The minimum atomic E-state index is 0.391. The molecule has 0 aromatic heterocycles. The number of ether oxygens (including phenoxy) is 1. The Balaban J connectivity index is 1.87. The first-order valence-corrected chi connectivity index (χ1v) is 8.04. The average molecular weight is 303 g/mol. The summed E-state index contributed by atoms with van der Waals surface area (Å²) in [5.41, 5.74) is 2.85. The quantitative estimate of drug-likeness (QED) is 0.686. The van der Waals surface area contributed by atoms with E-state index in [1.165, 1.54) is 17.5 Å². The summed E-state index contributed by atoms with van der Waals surface area (Å²) in [5.74, 6) is 1.98. The van der Waals surface area contributed by atoms with E-state index in [0.29, 0.717) is 5.41 Å². The Labute approximate surface area is 134 Å². The molecule has 0 saturated carbocycles.